The Morgan fingerprint density at radius 2 is 2.19 bits per heavy atom. The number of aliphatic hydroxyl groups is 1. The molecule has 0 saturated heterocycles. The first-order chi connectivity index (χ1) is 12.5. The molecule has 3 atom stereocenters. The van der Waals surface area contributed by atoms with Crippen molar-refractivity contribution in [2.75, 3.05) is 7.11 Å². The molecule has 0 aromatic heterocycles. The minimum atomic E-state index is -0.511. The van der Waals surface area contributed by atoms with Crippen LogP contribution in [0.1, 0.15) is 52.4 Å². The van der Waals surface area contributed by atoms with E-state index in [2.05, 4.69) is 32.6 Å². The number of aldehydes is 1. The molecule has 0 bridgehead atoms. The first-order valence-corrected chi connectivity index (χ1v) is 9.47. The summed E-state index contributed by atoms with van der Waals surface area (Å²) in [6.45, 7) is 7.92. The highest BCUT2D eigenvalue weighted by atomic mass is 16.5. The molecule has 26 heavy (non-hydrogen) atoms. The Morgan fingerprint density at radius 3 is 2.73 bits per heavy atom. The Bertz CT molecular complexity index is 562. The van der Waals surface area contributed by atoms with Crippen molar-refractivity contribution in [2.24, 2.45) is 5.92 Å². The summed E-state index contributed by atoms with van der Waals surface area (Å²) in [5.41, 5.74) is 4.08. The Kier molecular flexibility index (Phi) is 10.8. The first kappa shape index (κ1) is 22.3. The van der Waals surface area contributed by atoms with Gasteiger partial charge in [0, 0.05) is 13.0 Å². The summed E-state index contributed by atoms with van der Waals surface area (Å²) in [6, 6.07) is 0. The number of carbonyl (C=O) groups is 1. The molecule has 0 heterocycles. The molecule has 0 saturated carbocycles. The van der Waals surface area contributed by atoms with Crippen LogP contribution >= 0.6 is 0 Å². The van der Waals surface area contributed by atoms with Gasteiger partial charge in [-0.2, -0.15) is 0 Å². The molecule has 3 nitrogen and oxygen atoms in total. The maximum atomic E-state index is 10.5. The lowest BCUT2D eigenvalue weighted by Crippen LogP contribution is -2.26. The number of ether oxygens (including phenoxy) is 1. The standard InChI is InChI=1S/C13H20O.C10H14O2/c1-11(2)4-3-5-12-6-8-13(10-14)9-7-12;1-3-4-8-5-6-9(11)10(7-8)12-2/h4,6,10,13H,3,5,7-9H2,1-2H3;3,5-7,9-11H,1,4H2,2H3. The van der Waals surface area contributed by atoms with Crippen LogP contribution in [0, 0.1) is 5.92 Å². The quantitative estimate of drug-likeness (QED) is 0.509. The summed E-state index contributed by atoms with van der Waals surface area (Å²) in [6.07, 6.45) is 18.6. The first-order valence-electron chi connectivity index (χ1n) is 9.47. The van der Waals surface area contributed by atoms with E-state index in [1.165, 1.54) is 12.0 Å². The molecule has 0 aromatic carbocycles. The fourth-order valence-electron chi connectivity index (χ4n) is 3.01. The number of allylic oxidation sites excluding steroid dienone is 7. The van der Waals surface area contributed by atoms with Crippen LogP contribution in [-0.2, 0) is 9.53 Å². The predicted octanol–water partition coefficient (Wildman–Crippen LogP) is 5.09. The van der Waals surface area contributed by atoms with Crippen LogP contribution in [0.15, 0.2) is 59.8 Å². The summed E-state index contributed by atoms with van der Waals surface area (Å²) < 4.78 is 5.07. The molecule has 1 N–H and O–H groups in total. The van der Waals surface area contributed by atoms with Gasteiger partial charge in [0.15, 0.2) is 0 Å². The second-order valence-corrected chi connectivity index (χ2v) is 7.14. The molecule has 144 valence electrons. The molecule has 3 heteroatoms. The van der Waals surface area contributed by atoms with E-state index >= 15 is 0 Å². The zero-order valence-corrected chi connectivity index (χ0v) is 16.5. The number of hydrogen-bond acceptors (Lipinski definition) is 3. The normalized spacial score (nSPS) is 24.5. The molecule has 2 aliphatic rings. The van der Waals surface area contributed by atoms with Crippen molar-refractivity contribution >= 4 is 6.29 Å². The van der Waals surface area contributed by atoms with Crippen molar-refractivity contribution in [1.29, 1.82) is 0 Å². The van der Waals surface area contributed by atoms with E-state index in [9.17, 15) is 9.90 Å². The lowest BCUT2D eigenvalue weighted by molar-refractivity contribution is -0.111. The molecule has 0 fully saturated rings. The van der Waals surface area contributed by atoms with Crippen LogP contribution in [0.25, 0.3) is 0 Å². The van der Waals surface area contributed by atoms with Crippen molar-refractivity contribution in [3.63, 3.8) is 0 Å². The van der Waals surface area contributed by atoms with Crippen LogP contribution in [-0.4, -0.2) is 30.7 Å². The van der Waals surface area contributed by atoms with Gasteiger partial charge in [0.2, 0.25) is 0 Å². The smallest absolute Gasteiger partial charge is 0.123 e. The Labute approximate surface area is 158 Å². The molecule has 0 radical (unpaired) electrons. The van der Waals surface area contributed by atoms with E-state index in [4.69, 9.17) is 4.74 Å². The van der Waals surface area contributed by atoms with E-state index in [0.29, 0.717) is 5.92 Å². The fraction of sp³-hybridized carbons (Fsp3) is 0.522. The summed E-state index contributed by atoms with van der Waals surface area (Å²) in [5, 5.41) is 9.37. The van der Waals surface area contributed by atoms with E-state index < -0.39 is 6.10 Å². The third-order valence-corrected chi connectivity index (χ3v) is 4.63. The highest BCUT2D eigenvalue weighted by Crippen LogP contribution is 2.25. The lowest BCUT2D eigenvalue weighted by Gasteiger charge is -2.20. The van der Waals surface area contributed by atoms with E-state index in [-0.39, 0.29) is 6.10 Å². The van der Waals surface area contributed by atoms with Gasteiger partial charge in [-0.25, -0.2) is 0 Å². The van der Waals surface area contributed by atoms with Gasteiger partial charge in [0.05, 0.1) is 0 Å². The minimum Gasteiger partial charge on any atom is -0.386 e. The van der Waals surface area contributed by atoms with Crippen LogP contribution < -0.4 is 0 Å². The highest BCUT2D eigenvalue weighted by Gasteiger charge is 2.16. The predicted molar refractivity (Wildman–Crippen MR) is 109 cm³/mol. The second-order valence-electron chi connectivity index (χ2n) is 7.14. The summed E-state index contributed by atoms with van der Waals surface area (Å²) in [5.74, 6) is 0.294. The molecule has 0 aliphatic heterocycles. The van der Waals surface area contributed by atoms with Gasteiger partial charge < -0.3 is 14.6 Å². The maximum absolute atomic E-state index is 10.5. The molecular weight excluding hydrogens is 324 g/mol. The van der Waals surface area contributed by atoms with Crippen LogP contribution in [0.5, 0.6) is 0 Å². The van der Waals surface area contributed by atoms with Crippen molar-refractivity contribution in [2.45, 2.75) is 64.6 Å². The Hall–Kier alpha value is -1.71. The second kappa shape index (κ2) is 12.6. The summed E-state index contributed by atoms with van der Waals surface area (Å²) >= 11 is 0. The SMILES string of the molecule is C=CCC1=CC(OC)C(O)C=C1.CC(C)=CCCC1=CCC(C=O)CC1. The van der Waals surface area contributed by atoms with Gasteiger partial charge in [0.25, 0.3) is 0 Å². The molecule has 3 unspecified atom stereocenters. The zero-order valence-electron chi connectivity index (χ0n) is 16.5. The number of methoxy groups -OCH3 is 1. The molecule has 0 spiro atoms. The number of hydrogen-bond donors (Lipinski definition) is 1. The van der Waals surface area contributed by atoms with Gasteiger partial charge in [0.1, 0.15) is 18.5 Å². The van der Waals surface area contributed by atoms with Crippen LogP contribution in [0.2, 0.25) is 0 Å². The van der Waals surface area contributed by atoms with E-state index in [1.807, 2.05) is 18.2 Å². The fourth-order valence-corrected chi connectivity index (χ4v) is 3.01. The largest absolute Gasteiger partial charge is 0.386 e. The van der Waals surface area contributed by atoms with Crippen LogP contribution in [0.3, 0.4) is 0 Å². The van der Waals surface area contributed by atoms with Crippen LogP contribution in [0.4, 0.5) is 0 Å². The van der Waals surface area contributed by atoms with Crippen molar-refractivity contribution in [3.8, 4) is 0 Å². The number of carbonyl (C=O) groups excluding carboxylic acids is 1. The molecule has 0 aromatic rings. The Balaban J connectivity index is 0.000000263. The average molecular weight is 359 g/mol. The van der Waals surface area contributed by atoms with Crippen molar-refractivity contribution < 1.29 is 14.6 Å². The molecule has 2 rings (SSSR count). The van der Waals surface area contributed by atoms with E-state index in [0.717, 1.165) is 44.0 Å². The topological polar surface area (TPSA) is 46.5 Å². The van der Waals surface area contributed by atoms with Gasteiger partial charge in [-0.3, -0.25) is 0 Å². The van der Waals surface area contributed by atoms with Gasteiger partial charge >= 0.3 is 0 Å². The maximum Gasteiger partial charge on any atom is 0.123 e. The Morgan fingerprint density at radius 1 is 1.42 bits per heavy atom. The third kappa shape index (κ3) is 8.59. The van der Waals surface area contributed by atoms with Gasteiger partial charge in [-0.1, -0.05) is 41.5 Å². The minimum absolute atomic E-state index is 0.204. The monoisotopic (exact) mass is 358 g/mol. The summed E-state index contributed by atoms with van der Waals surface area (Å²) in [7, 11) is 1.59. The number of rotatable bonds is 7. The third-order valence-electron chi connectivity index (χ3n) is 4.63. The molecule has 0 amide bonds. The highest BCUT2D eigenvalue weighted by molar-refractivity contribution is 5.54. The van der Waals surface area contributed by atoms with Crippen molar-refractivity contribution in [1.82, 2.24) is 0 Å². The average Bonchev–Trinajstić information content (AvgIpc) is 2.64. The number of aliphatic hydroxyl groups excluding tert-OH is 1. The molecule has 2 aliphatic carbocycles. The zero-order chi connectivity index (χ0) is 19.4. The van der Waals surface area contributed by atoms with Gasteiger partial charge in [-0.15, -0.1) is 6.58 Å². The van der Waals surface area contributed by atoms with Gasteiger partial charge in [-0.05, 0) is 64.0 Å². The summed E-state index contributed by atoms with van der Waals surface area (Å²) in [4.78, 5) is 10.5. The van der Waals surface area contributed by atoms with Crippen molar-refractivity contribution in [3.05, 3.63) is 59.8 Å². The van der Waals surface area contributed by atoms with E-state index in [1.54, 1.807) is 18.8 Å². The molecular formula is C23H34O3. The lowest BCUT2D eigenvalue weighted by atomic mass is 9.89.